The van der Waals surface area contributed by atoms with Crippen LogP contribution < -0.4 is 10.6 Å². The standard InChI is InChI=1S/C24H25ClN2O4.CH4O/c1-3-30-23(29)31-21-20(22(28)27-24(21)10-12-26-13-11-24)19-14-17(5-4-15(19)2)16-6-8-18(25)9-7-16;1-2/h4-9,14,26H,3,10-13H2,1-2H3,(H,27,28);2H,1H3. The summed E-state index contributed by atoms with van der Waals surface area (Å²) in [4.78, 5) is 25.5. The number of amides is 1. The fourth-order valence-corrected chi connectivity index (χ4v) is 4.35. The van der Waals surface area contributed by atoms with Gasteiger partial charge in [-0.3, -0.25) is 4.79 Å². The van der Waals surface area contributed by atoms with Crippen LogP contribution in [0.15, 0.2) is 48.2 Å². The largest absolute Gasteiger partial charge is 0.513 e. The first-order valence-electron chi connectivity index (χ1n) is 10.9. The predicted octanol–water partition coefficient (Wildman–Crippen LogP) is 4.06. The van der Waals surface area contributed by atoms with Gasteiger partial charge in [0.25, 0.3) is 5.91 Å². The van der Waals surface area contributed by atoms with E-state index in [1.165, 1.54) is 0 Å². The molecule has 0 unspecified atom stereocenters. The van der Waals surface area contributed by atoms with Crippen molar-refractivity contribution >= 4 is 29.2 Å². The Balaban J connectivity index is 0.00000149. The van der Waals surface area contributed by atoms with Crippen LogP contribution >= 0.6 is 11.6 Å². The number of halogens is 1. The second kappa shape index (κ2) is 10.8. The minimum Gasteiger partial charge on any atom is -0.434 e. The number of benzene rings is 2. The Bertz CT molecular complexity index is 1040. The summed E-state index contributed by atoms with van der Waals surface area (Å²) in [7, 11) is 1.00. The predicted molar refractivity (Wildman–Crippen MR) is 128 cm³/mol. The minimum atomic E-state index is -0.795. The van der Waals surface area contributed by atoms with E-state index in [-0.39, 0.29) is 12.5 Å². The van der Waals surface area contributed by atoms with Gasteiger partial charge in [-0.25, -0.2) is 4.79 Å². The summed E-state index contributed by atoms with van der Waals surface area (Å²) in [6.07, 6.45) is 0.468. The van der Waals surface area contributed by atoms with E-state index in [0.29, 0.717) is 42.3 Å². The summed E-state index contributed by atoms with van der Waals surface area (Å²) in [5.41, 5.74) is 3.25. The van der Waals surface area contributed by atoms with Crippen molar-refractivity contribution < 1.29 is 24.2 Å². The van der Waals surface area contributed by atoms with Crippen LogP contribution in [0, 0.1) is 6.92 Å². The fraction of sp³-hybridized carbons (Fsp3) is 0.360. The van der Waals surface area contributed by atoms with Crippen molar-refractivity contribution in [2.45, 2.75) is 32.2 Å². The first-order chi connectivity index (χ1) is 15.9. The van der Waals surface area contributed by atoms with Gasteiger partial charge in [0, 0.05) is 12.1 Å². The van der Waals surface area contributed by atoms with Gasteiger partial charge in [-0.05, 0) is 80.2 Å². The minimum absolute atomic E-state index is 0.197. The highest BCUT2D eigenvalue weighted by Gasteiger charge is 2.49. The third-order valence-corrected chi connectivity index (χ3v) is 6.08. The van der Waals surface area contributed by atoms with Gasteiger partial charge in [-0.2, -0.15) is 0 Å². The number of ether oxygens (including phenoxy) is 2. The normalized spacial score (nSPS) is 16.7. The SMILES string of the molecule is CCOC(=O)OC1=C(c2cc(-c3ccc(Cl)cc3)ccc2C)C(=O)NC12CCNCC2.CO. The lowest BCUT2D eigenvalue weighted by Gasteiger charge is -2.35. The van der Waals surface area contributed by atoms with Crippen molar-refractivity contribution in [2.24, 2.45) is 0 Å². The van der Waals surface area contributed by atoms with Crippen molar-refractivity contribution in [3.63, 3.8) is 0 Å². The number of carbonyl (C=O) groups is 2. The monoisotopic (exact) mass is 472 g/mol. The molecule has 7 nitrogen and oxygen atoms in total. The molecule has 1 amide bonds. The Morgan fingerprint density at radius 2 is 1.73 bits per heavy atom. The highest BCUT2D eigenvalue weighted by molar-refractivity contribution is 6.30. The average molecular weight is 473 g/mol. The number of aliphatic hydroxyl groups excluding tert-OH is 1. The number of hydrogen-bond acceptors (Lipinski definition) is 6. The number of nitrogens with one attached hydrogen (secondary N) is 2. The van der Waals surface area contributed by atoms with Crippen LogP contribution in [-0.4, -0.2) is 49.5 Å². The molecule has 33 heavy (non-hydrogen) atoms. The van der Waals surface area contributed by atoms with E-state index in [4.69, 9.17) is 26.2 Å². The lowest BCUT2D eigenvalue weighted by molar-refractivity contribution is -0.116. The third kappa shape index (κ3) is 5.21. The zero-order chi connectivity index (χ0) is 24.0. The molecule has 2 aliphatic heterocycles. The maximum atomic E-state index is 13.2. The van der Waals surface area contributed by atoms with Gasteiger partial charge in [0.1, 0.15) is 5.54 Å². The Morgan fingerprint density at radius 3 is 2.36 bits per heavy atom. The van der Waals surface area contributed by atoms with Gasteiger partial charge in [0.2, 0.25) is 0 Å². The number of hydrogen-bond donors (Lipinski definition) is 3. The van der Waals surface area contributed by atoms with Crippen molar-refractivity contribution in [3.05, 3.63) is 64.4 Å². The van der Waals surface area contributed by atoms with Gasteiger partial charge in [0.15, 0.2) is 5.76 Å². The number of aliphatic hydroxyl groups is 1. The molecule has 0 aromatic heterocycles. The maximum Gasteiger partial charge on any atom is 0.513 e. The van der Waals surface area contributed by atoms with Gasteiger partial charge in [-0.15, -0.1) is 0 Å². The van der Waals surface area contributed by atoms with Crippen LogP contribution in [0.2, 0.25) is 5.02 Å². The summed E-state index contributed by atoms with van der Waals surface area (Å²) in [6.45, 7) is 5.29. The molecule has 176 valence electrons. The second-order valence-electron chi connectivity index (χ2n) is 7.81. The lowest BCUT2D eigenvalue weighted by Crippen LogP contribution is -2.52. The van der Waals surface area contributed by atoms with E-state index in [2.05, 4.69) is 10.6 Å². The molecule has 1 saturated heterocycles. The van der Waals surface area contributed by atoms with Crippen LogP contribution in [0.5, 0.6) is 0 Å². The molecule has 4 rings (SSSR count). The van der Waals surface area contributed by atoms with E-state index in [1.54, 1.807) is 6.92 Å². The summed E-state index contributed by atoms with van der Waals surface area (Å²) < 4.78 is 10.7. The van der Waals surface area contributed by atoms with E-state index in [0.717, 1.165) is 29.4 Å². The Labute approximate surface area is 198 Å². The van der Waals surface area contributed by atoms with Crippen molar-refractivity contribution in [1.82, 2.24) is 10.6 Å². The van der Waals surface area contributed by atoms with E-state index < -0.39 is 11.7 Å². The van der Waals surface area contributed by atoms with Crippen LogP contribution in [0.4, 0.5) is 4.79 Å². The molecular weight excluding hydrogens is 444 g/mol. The molecule has 2 aliphatic rings. The number of aryl methyl sites for hydroxylation is 1. The molecule has 0 saturated carbocycles. The summed E-state index contributed by atoms with van der Waals surface area (Å²) in [5.74, 6) is 0.117. The number of rotatable bonds is 4. The van der Waals surface area contributed by atoms with Crippen LogP contribution in [0.3, 0.4) is 0 Å². The molecule has 0 bridgehead atoms. The van der Waals surface area contributed by atoms with Crippen molar-refractivity contribution in [3.8, 4) is 11.1 Å². The van der Waals surface area contributed by atoms with E-state index in [9.17, 15) is 9.59 Å². The third-order valence-electron chi connectivity index (χ3n) is 5.83. The molecule has 1 fully saturated rings. The van der Waals surface area contributed by atoms with Gasteiger partial charge >= 0.3 is 6.16 Å². The van der Waals surface area contributed by atoms with E-state index in [1.807, 2.05) is 49.4 Å². The van der Waals surface area contributed by atoms with Crippen LogP contribution in [-0.2, 0) is 14.3 Å². The first kappa shape index (κ1) is 24.8. The number of carbonyl (C=O) groups excluding carboxylic acids is 2. The van der Waals surface area contributed by atoms with Gasteiger partial charge in [-0.1, -0.05) is 35.9 Å². The fourth-order valence-electron chi connectivity index (χ4n) is 4.22. The molecule has 0 aliphatic carbocycles. The Kier molecular flexibility index (Phi) is 8.13. The molecular formula is C25H29ClN2O5. The van der Waals surface area contributed by atoms with Crippen LogP contribution in [0.1, 0.15) is 30.9 Å². The van der Waals surface area contributed by atoms with Gasteiger partial charge in [0.05, 0.1) is 12.2 Å². The average Bonchev–Trinajstić information content (AvgIpc) is 3.07. The zero-order valence-electron chi connectivity index (χ0n) is 19.0. The smallest absolute Gasteiger partial charge is 0.434 e. The maximum absolute atomic E-state index is 13.2. The molecule has 2 aromatic rings. The highest BCUT2D eigenvalue weighted by Crippen LogP contribution is 2.41. The molecule has 8 heteroatoms. The summed E-state index contributed by atoms with van der Waals surface area (Å²) in [5, 5.41) is 14.1. The lowest BCUT2D eigenvalue weighted by atomic mass is 9.85. The quantitative estimate of drug-likeness (QED) is 0.581. The van der Waals surface area contributed by atoms with E-state index >= 15 is 0 Å². The first-order valence-corrected chi connectivity index (χ1v) is 11.3. The molecule has 0 atom stereocenters. The zero-order valence-corrected chi connectivity index (χ0v) is 19.8. The summed E-state index contributed by atoms with van der Waals surface area (Å²) >= 11 is 6.03. The molecule has 1 spiro atoms. The second-order valence-corrected chi connectivity index (χ2v) is 8.25. The van der Waals surface area contributed by atoms with Crippen molar-refractivity contribution in [2.75, 3.05) is 26.8 Å². The highest BCUT2D eigenvalue weighted by atomic mass is 35.5. The van der Waals surface area contributed by atoms with Crippen LogP contribution in [0.25, 0.3) is 16.7 Å². The van der Waals surface area contributed by atoms with Gasteiger partial charge < -0.3 is 25.2 Å². The Morgan fingerprint density at radius 1 is 1.09 bits per heavy atom. The summed E-state index contributed by atoms with van der Waals surface area (Å²) in [6, 6.07) is 13.5. The Hall–Kier alpha value is -2.87. The number of piperidine rings is 1. The van der Waals surface area contributed by atoms with Crippen molar-refractivity contribution in [1.29, 1.82) is 0 Å². The molecule has 2 aromatic carbocycles. The molecule has 0 radical (unpaired) electrons. The topological polar surface area (TPSA) is 96.9 Å². The molecule has 3 N–H and O–H groups in total. The molecule has 2 heterocycles.